The zero-order valence-electron chi connectivity index (χ0n) is 12.4. The molecule has 0 aliphatic carbocycles. The molecule has 21 heavy (non-hydrogen) atoms. The predicted molar refractivity (Wildman–Crippen MR) is 78.3 cm³/mol. The largest absolute Gasteiger partial charge is 0.369 e. The van der Waals surface area contributed by atoms with Crippen molar-refractivity contribution in [2.45, 2.75) is 33.1 Å². The summed E-state index contributed by atoms with van der Waals surface area (Å²) in [5.41, 5.74) is 1.78. The lowest BCUT2D eigenvalue weighted by Crippen LogP contribution is -2.10. The molecule has 0 spiro atoms. The molecule has 0 amide bonds. The molecule has 0 bridgehead atoms. The second-order valence-corrected chi connectivity index (χ2v) is 5.26. The monoisotopic (exact) mass is 286 g/mol. The Bertz CT molecular complexity index is 745. The van der Waals surface area contributed by atoms with Gasteiger partial charge >= 0.3 is 0 Å². The Morgan fingerprint density at radius 2 is 2.19 bits per heavy atom. The Labute approximate surface area is 122 Å². The summed E-state index contributed by atoms with van der Waals surface area (Å²) >= 11 is 0. The predicted octanol–water partition coefficient (Wildman–Crippen LogP) is 2.20. The SMILES string of the molecule is Cc1cc(NCCc2nc(C(C)C)no2)n2nccc2n1. The first-order valence-electron chi connectivity index (χ1n) is 7.01. The van der Waals surface area contributed by atoms with Crippen LogP contribution in [0.2, 0.25) is 0 Å². The first-order valence-corrected chi connectivity index (χ1v) is 7.01. The van der Waals surface area contributed by atoms with Gasteiger partial charge in [-0.15, -0.1) is 0 Å². The topological polar surface area (TPSA) is 81.1 Å². The molecule has 3 rings (SSSR count). The Hall–Kier alpha value is -2.44. The number of rotatable bonds is 5. The maximum atomic E-state index is 5.22. The van der Waals surface area contributed by atoms with Gasteiger partial charge in [0.15, 0.2) is 11.5 Å². The van der Waals surface area contributed by atoms with E-state index in [2.05, 4.69) is 25.5 Å². The third-order valence-corrected chi connectivity index (χ3v) is 3.13. The Morgan fingerprint density at radius 1 is 1.33 bits per heavy atom. The van der Waals surface area contributed by atoms with Crippen LogP contribution in [0.3, 0.4) is 0 Å². The van der Waals surface area contributed by atoms with E-state index >= 15 is 0 Å². The molecule has 0 radical (unpaired) electrons. The van der Waals surface area contributed by atoms with E-state index in [1.165, 1.54) is 0 Å². The highest BCUT2D eigenvalue weighted by molar-refractivity contribution is 5.48. The second kappa shape index (κ2) is 5.51. The Morgan fingerprint density at radius 3 is 2.95 bits per heavy atom. The van der Waals surface area contributed by atoms with Crippen LogP contribution in [0.1, 0.15) is 37.2 Å². The van der Waals surface area contributed by atoms with E-state index < -0.39 is 0 Å². The molecule has 0 aromatic carbocycles. The van der Waals surface area contributed by atoms with Crippen molar-refractivity contribution >= 4 is 11.5 Å². The van der Waals surface area contributed by atoms with Gasteiger partial charge in [0.2, 0.25) is 5.89 Å². The number of aryl methyl sites for hydroxylation is 1. The number of fused-ring (bicyclic) bond motifs is 1. The summed E-state index contributed by atoms with van der Waals surface area (Å²) in [6.45, 7) is 6.74. The van der Waals surface area contributed by atoms with Crippen LogP contribution in [0.5, 0.6) is 0 Å². The third-order valence-electron chi connectivity index (χ3n) is 3.13. The lowest BCUT2D eigenvalue weighted by molar-refractivity contribution is 0.373. The molecule has 0 saturated heterocycles. The summed E-state index contributed by atoms with van der Waals surface area (Å²) < 4.78 is 7.00. The number of hydrogen-bond acceptors (Lipinski definition) is 6. The van der Waals surface area contributed by atoms with Crippen molar-refractivity contribution in [1.82, 2.24) is 24.7 Å². The van der Waals surface area contributed by atoms with Crippen molar-refractivity contribution < 1.29 is 4.52 Å². The van der Waals surface area contributed by atoms with Crippen LogP contribution in [0.4, 0.5) is 5.82 Å². The molecule has 3 heterocycles. The van der Waals surface area contributed by atoms with Gasteiger partial charge < -0.3 is 9.84 Å². The van der Waals surface area contributed by atoms with Crippen molar-refractivity contribution in [2.24, 2.45) is 0 Å². The lowest BCUT2D eigenvalue weighted by atomic mass is 10.2. The minimum atomic E-state index is 0.280. The van der Waals surface area contributed by atoms with E-state index in [0.717, 1.165) is 23.0 Å². The fourth-order valence-corrected chi connectivity index (χ4v) is 2.07. The molecule has 0 saturated carbocycles. The molecule has 0 fully saturated rings. The van der Waals surface area contributed by atoms with Crippen molar-refractivity contribution in [1.29, 1.82) is 0 Å². The summed E-state index contributed by atoms with van der Waals surface area (Å²) in [7, 11) is 0. The maximum absolute atomic E-state index is 5.22. The average molecular weight is 286 g/mol. The third kappa shape index (κ3) is 2.86. The van der Waals surface area contributed by atoms with Gasteiger partial charge in [-0.25, -0.2) is 4.98 Å². The molecule has 0 aliphatic rings. The number of hydrogen-bond donors (Lipinski definition) is 1. The molecule has 1 N–H and O–H groups in total. The Kier molecular flexibility index (Phi) is 3.55. The molecule has 0 unspecified atom stereocenters. The van der Waals surface area contributed by atoms with Crippen LogP contribution < -0.4 is 5.32 Å². The van der Waals surface area contributed by atoms with E-state index in [1.807, 2.05) is 32.9 Å². The minimum Gasteiger partial charge on any atom is -0.369 e. The highest BCUT2D eigenvalue weighted by atomic mass is 16.5. The zero-order valence-corrected chi connectivity index (χ0v) is 12.4. The number of anilines is 1. The highest BCUT2D eigenvalue weighted by Crippen LogP contribution is 2.13. The van der Waals surface area contributed by atoms with Gasteiger partial charge in [-0.2, -0.15) is 14.6 Å². The normalized spacial score (nSPS) is 11.4. The maximum Gasteiger partial charge on any atom is 0.228 e. The molecule has 110 valence electrons. The zero-order chi connectivity index (χ0) is 14.8. The van der Waals surface area contributed by atoms with Crippen molar-refractivity contribution in [2.75, 3.05) is 11.9 Å². The standard InChI is InChI=1S/C14H18N6O/c1-9(2)14-18-13(21-19-14)5-6-15-12-8-10(3)17-11-4-7-16-20(11)12/h4,7-9,15H,5-6H2,1-3H3. The summed E-state index contributed by atoms with van der Waals surface area (Å²) in [4.78, 5) is 8.76. The lowest BCUT2D eigenvalue weighted by Gasteiger charge is -2.07. The minimum absolute atomic E-state index is 0.280. The Balaban J connectivity index is 1.67. The average Bonchev–Trinajstić information content (AvgIpc) is 3.06. The van der Waals surface area contributed by atoms with E-state index in [0.29, 0.717) is 18.9 Å². The van der Waals surface area contributed by atoms with Crippen LogP contribution in [0, 0.1) is 6.92 Å². The second-order valence-electron chi connectivity index (χ2n) is 5.26. The van der Waals surface area contributed by atoms with Crippen molar-refractivity contribution in [3.8, 4) is 0 Å². The molecule has 0 atom stereocenters. The van der Waals surface area contributed by atoms with Gasteiger partial charge in [0.1, 0.15) is 5.82 Å². The van der Waals surface area contributed by atoms with Crippen LogP contribution in [0.25, 0.3) is 5.65 Å². The number of aromatic nitrogens is 5. The van der Waals surface area contributed by atoms with E-state index in [9.17, 15) is 0 Å². The fourth-order valence-electron chi connectivity index (χ4n) is 2.07. The smallest absolute Gasteiger partial charge is 0.228 e. The van der Waals surface area contributed by atoms with Crippen molar-refractivity contribution in [3.63, 3.8) is 0 Å². The van der Waals surface area contributed by atoms with Crippen molar-refractivity contribution in [3.05, 3.63) is 35.7 Å². The molecule has 3 aromatic heterocycles. The first-order chi connectivity index (χ1) is 10.1. The number of nitrogens with zero attached hydrogens (tertiary/aromatic N) is 5. The summed E-state index contributed by atoms with van der Waals surface area (Å²) in [6.07, 6.45) is 2.41. The molecule has 7 nitrogen and oxygen atoms in total. The summed E-state index contributed by atoms with van der Waals surface area (Å²) in [6, 6.07) is 3.85. The van der Waals surface area contributed by atoms with Crippen LogP contribution in [0.15, 0.2) is 22.9 Å². The van der Waals surface area contributed by atoms with Crippen LogP contribution in [-0.2, 0) is 6.42 Å². The van der Waals surface area contributed by atoms with E-state index in [-0.39, 0.29) is 5.92 Å². The van der Waals surface area contributed by atoms with Crippen LogP contribution >= 0.6 is 0 Å². The highest BCUT2D eigenvalue weighted by Gasteiger charge is 2.10. The van der Waals surface area contributed by atoms with E-state index in [4.69, 9.17) is 4.52 Å². The summed E-state index contributed by atoms with van der Waals surface area (Å²) in [5.74, 6) is 2.58. The first kappa shape index (κ1) is 13.5. The molecular formula is C14H18N6O. The molecular weight excluding hydrogens is 268 g/mol. The van der Waals surface area contributed by atoms with Gasteiger partial charge in [-0.3, -0.25) is 0 Å². The van der Waals surface area contributed by atoms with Crippen LogP contribution in [-0.4, -0.2) is 31.3 Å². The fraction of sp³-hybridized carbons (Fsp3) is 0.429. The molecule has 3 aromatic rings. The molecule has 0 aliphatic heterocycles. The quantitative estimate of drug-likeness (QED) is 0.774. The summed E-state index contributed by atoms with van der Waals surface area (Å²) in [5, 5.41) is 11.5. The van der Waals surface area contributed by atoms with Gasteiger partial charge in [0.05, 0.1) is 6.20 Å². The molecule has 7 heteroatoms. The van der Waals surface area contributed by atoms with Gasteiger partial charge in [-0.05, 0) is 6.92 Å². The van der Waals surface area contributed by atoms with Gasteiger partial charge in [-0.1, -0.05) is 19.0 Å². The van der Waals surface area contributed by atoms with E-state index in [1.54, 1.807) is 10.7 Å². The van der Waals surface area contributed by atoms with Gasteiger partial charge in [0.25, 0.3) is 0 Å². The number of nitrogens with one attached hydrogen (secondary N) is 1. The van der Waals surface area contributed by atoms with Gasteiger partial charge in [0, 0.05) is 36.7 Å².